The highest BCUT2D eigenvalue weighted by molar-refractivity contribution is 5.88. The summed E-state index contributed by atoms with van der Waals surface area (Å²) in [7, 11) is 1.32. The maximum absolute atomic E-state index is 11.3. The van der Waals surface area contributed by atoms with E-state index in [1.807, 2.05) is 13.0 Å². The number of aryl methyl sites for hydroxylation is 1. The van der Waals surface area contributed by atoms with Crippen LogP contribution in [0.2, 0.25) is 0 Å². The Balaban J connectivity index is 2.06. The Morgan fingerprint density at radius 1 is 1.33 bits per heavy atom. The number of ether oxygens (including phenoxy) is 2. The molecule has 5 heteroatoms. The van der Waals surface area contributed by atoms with E-state index in [0.717, 1.165) is 5.56 Å². The first-order chi connectivity index (χ1) is 10.1. The summed E-state index contributed by atoms with van der Waals surface area (Å²) in [6, 6.07) is 10.7. The fourth-order valence-electron chi connectivity index (χ4n) is 1.73. The molecule has 5 nitrogen and oxygen atoms in total. The number of rotatable bonds is 4. The number of hydrogen-bond acceptors (Lipinski definition) is 5. The lowest BCUT2D eigenvalue weighted by Crippen LogP contribution is -2.04. The van der Waals surface area contributed by atoms with Crippen molar-refractivity contribution in [2.24, 2.45) is 0 Å². The van der Waals surface area contributed by atoms with Crippen LogP contribution in [0.25, 0.3) is 0 Å². The van der Waals surface area contributed by atoms with Gasteiger partial charge in [-0.3, -0.25) is 4.98 Å². The van der Waals surface area contributed by atoms with Gasteiger partial charge in [0, 0.05) is 6.20 Å². The maximum atomic E-state index is 11.3. The summed E-state index contributed by atoms with van der Waals surface area (Å²) in [4.78, 5) is 15.4. The SMILES string of the molecule is COC(=O)c1ccc(COc2cc(C#N)ccc2C)nc1. The van der Waals surface area contributed by atoms with E-state index in [1.54, 1.807) is 24.3 Å². The molecule has 0 spiro atoms. The van der Waals surface area contributed by atoms with Crippen LogP contribution >= 0.6 is 0 Å². The molecule has 1 heterocycles. The van der Waals surface area contributed by atoms with E-state index < -0.39 is 5.97 Å². The Hall–Kier alpha value is -2.87. The van der Waals surface area contributed by atoms with E-state index in [4.69, 9.17) is 10.00 Å². The second-order valence-corrected chi connectivity index (χ2v) is 4.41. The van der Waals surface area contributed by atoms with Crippen LogP contribution in [-0.4, -0.2) is 18.1 Å². The molecule has 106 valence electrons. The minimum atomic E-state index is -0.424. The fraction of sp³-hybridized carbons (Fsp3) is 0.188. The zero-order valence-electron chi connectivity index (χ0n) is 11.8. The number of aromatic nitrogens is 1. The van der Waals surface area contributed by atoms with Crippen LogP contribution in [0.5, 0.6) is 5.75 Å². The van der Waals surface area contributed by atoms with Crippen LogP contribution in [0.4, 0.5) is 0 Å². The van der Waals surface area contributed by atoms with Gasteiger partial charge in [0.25, 0.3) is 0 Å². The normalized spacial score (nSPS) is 9.76. The van der Waals surface area contributed by atoms with Crippen LogP contribution < -0.4 is 4.74 Å². The molecule has 0 aliphatic heterocycles. The average Bonchev–Trinajstić information content (AvgIpc) is 2.54. The second-order valence-electron chi connectivity index (χ2n) is 4.41. The highest BCUT2D eigenvalue weighted by Gasteiger charge is 2.06. The number of methoxy groups -OCH3 is 1. The topological polar surface area (TPSA) is 72.2 Å². The highest BCUT2D eigenvalue weighted by atomic mass is 16.5. The molecule has 2 aromatic rings. The highest BCUT2D eigenvalue weighted by Crippen LogP contribution is 2.20. The van der Waals surface area contributed by atoms with E-state index >= 15 is 0 Å². The van der Waals surface area contributed by atoms with Crippen LogP contribution in [0.15, 0.2) is 36.5 Å². The molecule has 0 amide bonds. The lowest BCUT2D eigenvalue weighted by molar-refractivity contribution is 0.0600. The van der Waals surface area contributed by atoms with Gasteiger partial charge >= 0.3 is 5.97 Å². The predicted molar refractivity (Wildman–Crippen MR) is 75.8 cm³/mol. The molecule has 0 saturated carbocycles. The Labute approximate surface area is 122 Å². The first-order valence-corrected chi connectivity index (χ1v) is 6.31. The summed E-state index contributed by atoms with van der Waals surface area (Å²) in [5, 5.41) is 8.88. The van der Waals surface area contributed by atoms with Gasteiger partial charge in [-0.15, -0.1) is 0 Å². The molecule has 2 rings (SSSR count). The van der Waals surface area contributed by atoms with Gasteiger partial charge in [0.1, 0.15) is 12.4 Å². The summed E-state index contributed by atoms with van der Waals surface area (Å²) in [6.07, 6.45) is 1.45. The lowest BCUT2D eigenvalue weighted by atomic mass is 10.1. The summed E-state index contributed by atoms with van der Waals surface area (Å²) in [5.74, 6) is 0.223. The van der Waals surface area contributed by atoms with Crippen molar-refractivity contribution in [2.75, 3.05) is 7.11 Å². The Bertz CT molecular complexity index is 688. The predicted octanol–water partition coefficient (Wildman–Crippen LogP) is 2.63. The monoisotopic (exact) mass is 282 g/mol. The van der Waals surface area contributed by atoms with Gasteiger partial charge in [0.2, 0.25) is 0 Å². The maximum Gasteiger partial charge on any atom is 0.339 e. The quantitative estimate of drug-likeness (QED) is 0.806. The van der Waals surface area contributed by atoms with Gasteiger partial charge in [0.05, 0.1) is 30.0 Å². The Kier molecular flexibility index (Phi) is 4.52. The van der Waals surface area contributed by atoms with Gasteiger partial charge < -0.3 is 9.47 Å². The van der Waals surface area contributed by atoms with Gasteiger partial charge in [-0.05, 0) is 36.8 Å². The summed E-state index contributed by atoms with van der Waals surface area (Å²) in [6.45, 7) is 2.17. The number of pyridine rings is 1. The Morgan fingerprint density at radius 3 is 2.76 bits per heavy atom. The van der Waals surface area contributed by atoms with Gasteiger partial charge in [0.15, 0.2) is 0 Å². The molecule has 0 unspecified atom stereocenters. The number of nitrogens with zero attached hydrogens (tertiary/aromatic N) is 2. The number of nitriles is 1. The van der Waals surface area contributed by atoms with Crippen LogP contribution in [0.3, 0.4) is 0 Å². The van der Waals surface area contributed by atoms with Crippen molar-refractivity contribution in [1.82, 2.24) is 4.98 Å². The average molecular weight is 282 g/mol. The number of hydrogen-bond donors (Lipinski definition) is 0. The second kappa shape index (κ2) is 6.53. The first kappa shape index (κ1) is 14.5. The molecule has 0 bridgehead atoms. The third-order valence-corrected chi connectivity index (χ3v) is 2.94. The van der Waals surface area contributed by atoms with E-state index in [0.29, 0.717) is 22.6 Å². The van der Waals surface area contributed by atoms with Gasteiger partial charge in [-0.2, -0.15) is 5.26 Å². The summed E-state index contributed by atoms with van der Waals surface area (Å²) >= 11 is 0. The summed E-state index contributed by atoms with van der Waals surface area (Å²) < 4.78 is 10.3. The van der Waals surface area contributed by atoms with Crippen molar-refractivity contribution in [3.63, 3.8) is 0 Å². The van der Waals surface area contributed by atoms with Crippen molar-refractivity contribution < 1.29 is 14.3 Å². The smallest absolute Gasteiger partial charge is 0.339 e. The minimum absolute atomic E-state index is 0.261. The van der Waals surface area contributed by atoms with E-state index in [9.17, 15) is 4.79 Å². The standard InChI is InChI=1S/C16H14N2O3/c1-11-3-4-12(8-17)7-15(11)21-10-14-6-5-13(9-18-14)16(19)20-2/h3-7,9H,10H2,1-2H3. The largest absolute Gasteiger partial charge is 0.487 e. The fourth-order valence-corrected chi connectivity index (χ4v) is 1.73. The molecular formula is C16H14N2O3. The van der Waals surface area contributed by atoms with Crippen molar-refractivity contribution in [3.05, 3.63) is 58.9 Å². The molecule has 1 aromatic carbocycles. The third kappa shape index (κ3) is 3.57. The summed E-state index contributed by atoms with van der Waals surface area (Å²) in [5.41, 5.74) is 2.57. The van der Waals surface area contributed by atoms with E-state index in [-0.39, 0.29) is 6.61 Å². The molecule has 0 atom stereocenters. The molecule has 0 radical (unpaired) electrons. The van der Waals surface area contributed by atoms with Crippen molar-refractivity contribution >= 4 is 5.97 Å². The molecular weight excluding hydrogens is 268 g/mol. The zero-order chi connectivity index (χ0) is 15.2. The van der Waals surface area contributed by atoms with Crippen molar-refractivity contribution in [2.45, 2.75) is 13.5 Å². The molecule has 21 heavy (non-hydrogen) atoms. The van der Waals surface area contributed by atoms with Crippen molar-refractivity contribution in [1.29, 1.82) is 5.26 Å². The number of carbonyl (C=O) groups is 1. The number of benzene rings is 1. The molecule has 0 saturated heterocycles. The first-order valence-electron chi connectivity index (χ1n) is 6.31. The van der Waals surface area contributed by atoms with Crippen LogP contribution in [-0.2, 0) is 11.3 Å². The molecule has 0 N–H and O–H groups in total. The van der Waals surface area contributed by atoms with E-state index in [1.165, 1.54) is 13.3 Å². The van der Waals surface area contributed by atoms with Crippen LogP contribution in [0, 0.1) is 18.3 Å². The lowest BCUT2D eigenvalue weighted by Gasteiger charge is -2.09. The minimum Gasteiger partial charge on any atom is -0.487 e. The number of carbonyl (C=O) groups excluding carboxylic acids is 1. The third-order valence-electron chi connectivity index (χ3n) is 2.94. The van der Waals surface area contributed by atoms with Crippen molar-refractivity contribution in [3.8, 4) is 11.8 Å². The van der Waals surface area contributed by atoms with E-state index in [2.05, 4.69) is 15.8 Å². The molecule has 0 aliphatic carbocycles. The van der Waals surface area contributed by atoms with Gasteiger partial charge in [-0.25, -0.2) is 4.79 Å². The Morgan fingerprint density at radius 2 is 2.14 bits per heavy atom. The van der Waals surface area contributed by atoms with Crippen LogP contribution in [0.1, 0.15) is 27.2 Å². The number of esters is 1. The van der Waals surface area contributed by atoms with Gasteiger partial charge in [-0.1, -0.05) is 6.07 Å². The zero-order valence-corrected chi connectivity index (χ0v) is 11.8. The molecule has 0 fully saturated rings. The molecule has 0 aliphatic rings. The molecule has 1 aromatic heterocycles.